The van der Waals surface area contributed by atoms with Crippen LogP contribution < -0.4 is 0 Å². The Hall–Kier alpha value is -2.31. The maximum Gasteiger partial charge on any atom is 0.101 e. The van der Waals surface area contributed by atoms with E-state index in [4.69, 9.17) is 15.8 Å². The van der Waals surface area contributed by atoms with E-state index in [2.05, 4.69) is 0 Å². The van der Waals surface area contributed by atoms with Crippen LogP contribution in [0.3, 0.4) is 0 Å². The molecule has 0 bridgehead atoms. The minimum Gasteiger partial charge on any atom is -0.192 e. The highest BCUT2D eigenvalue weighted by Gasteiger charge is 2.11. The average Bonchev–Trinajstić information content (AvgIpc) is 2.26. The Morgan fingerprint density at radius 3 is 1.73 bits per heavy atom. The molecule has 0 saturated heterocycles. The molecule has 3 heteroatoms. The molecule has 1 aromatic carbocycles. The van der Waals surface area contributed by atoms with E-state index >= 15 is 0 Å². The highest BCUT2D eigenvalue weighted by atomic mass is 14.3. The maximum absolute atomic E-state index is 8.91. The summed E-state index contributed by atoms with van der Waals surface area (Å²) >= 11 is 0. The molecule has 0 fully saturated rings. The zero-order valence-electron chi connectivity index (χ0n) is 8.57. The molecule has 1 aromatic rings. The van der Waals surface area contributed by atoms with Gasteiger partial charge in [-0.05, 0) is 23.6 Å². The summed E-state index contributed by atoms with van der Waals surface area (Å²) in [6.07, 6.45) is 0. The van der Waals surface area contributed by atoms with Crippen LogP contribution >= 0.6 is 0 Å². The van der Waals surface area contributed by atoms with Gasteiger partial charge in [-0.2, -0.15) is 15.8 Å². The molecule has 0 heterocycles. The van der Waals surface area contributed by atoms with E-state index in [1.54, 1.807) is 6.07 Å². The van der Waals surface area contributed by atoms with Gasteiger partial charge in [0.25, 0.3) is 0 Å². The number of hydrogen-bond donors (Lipinski definition) is 0. The Morgan fingerprint density at radius 2 is 1.33 bits per heavy atom. The Labute approximate surface area is 88.8 Å². The van der Waals surface area contributed by atoms with Gasteiger partial charge in [0.05, 0.1) is 22.8 Å². The second kappa shape index (κ2) is 4.27. The first-order valence-electron chi connectivity index (χ1n) is 4.52. The summed E-state index contributed by atoms with van der Waals surface area (Å²) in [4.78, 5) is 0. The largest absolute Gasteiger partial charge is 0.192 e. The quantitative estimate of drug-likeness (QED) is 0.690. The van der Waals surface area contributed by atoms with Gasteiger partial charge in [-0.1, -0.05) is 13.8 Å². The van der Waals surface area contributed by atoms with Gasteiger partial charge in [0, 0.05) is 0 Å². The molecule has 0 spiro atoms. The van der Waals surface area contributed by atoms with Crippen molar-refractivity contribution in [3.63, 3.8) is 0 Å². The Bertz CT molecular complexity index is 507. The molecular formula is C12H9N3. The number of benzene rings is 1. The fourth-order valence-electron chi connectivity index (χ4n) is 1.38. The van der Waals surface area contributed by atoms with Crippen LogP contribution in [0.1, 0.15) is 42.0 Å². The standard InChI is InChI=1S/C12H9N3/c1-8(2)12-4-10(6-14)9(5-13)3-11(12)7-15/h3-4,8H,1-2H3. The van der Waals surface area contributed by atoms with Crippen LogP contribution in [0, 0.1) is 34.0 Å². The van der Waals surface area contributed by atoms with Crippen molar-refractivity contribution in [2.75, 3.05) is 0 Å². The van der Waals surface area contributed by atoms with Crippen LogP contribution in [0.5, 0.6) is 0 Å². The Kier molecular flexibility index (Phi) is 3.06. The molecule has 0 radical (unpaired) electrons. The van der Waals surface area contributed by atoms with Gasteiger partial charge < -0.3 is 0 Å². The van der Waals surface area contributed by atoms with Gasteiger partial charge in [-0.3, -0.25) is 0 Å². The molecule has 0 aliphatic rings. The minimum absolute atomic E-state index is 0.166. The highest BCUT2D eigenvalue weighted by Crippen LogP contribution is 2.22. The number of nitriles is 3. The third-order valence-corrected chi connectivity index (χ3v) is 2.17. The van der Waals surface area contributed by atoms with E-state index in [1.807, 2.05) is 32.1 Å². The fraction of sp³-hybridized carbons (Fsp3) is 0.250. The molecule has 0 N–H and O–H groups in total. The molecule has 0 aromatic heterocycles. The average molecular weight is 195 g/mol. The van der Waals surface area contributed by atoms with Crippen molar-refractivity contribution in [2.24, 2.45) is 0 Å². The van der Waals surface area contributed by atoms with Gasteiger partial charge >= 0.3 is 0 Å². The van der Waals surface area contributed by atoms with Crippen molar-refractivity contribution in [1.29, 1.82) is 15.8 Å². The van der Waals surface area contributed by atoms with Crippen molar-refractivity contribution >= 4 is 0 Å². The summed E-state index contributed by atoms with van der Waals surface area (Å²) in [6.45, 7) is 3.90. The normalized spacial score (nSPS) is 9.07. The van der Waals surface area contributed by atoms with Crippen LogP contribution in [-0.2, 0) is 0 Å². The fourth-order valence-corrected chi connectivity index (χ4v) is 1.38. The van der Waals surface area contributed by atoms with Gasteiger partial charge in [-0.15, -0.1) is 0 Å². The molecule has 0 saturated carbocycles. The van der Waals surface area contributed by atoms with Crippen molar-refractivity contribution in [1.82, 2.24) is 0 Å². The van der Waals surface area contributed by atoms with E-state index in [0.717, 1.165) is 5.56 Å². The van der Waals surface area contributed by atoms with Crippen LogP contribution in [0.2, 0.25) is 0 Å². The summed E-state index contributed by atoms with van der Waals surface area (Å²) in [6, 6.07) is 9.02. The molecule has 15 heavy (non-hydrogen) atoms. The number of hydrogen-bond acceptors (Lipinski definition) is 3. The topological polar surface area (TPSA) is 71.4 Å². The van der Waals surface area contributed by atoms with Crippen molar-refractivity contribution < 1.29 is 0 Å². The van der Waals surface area contributed by atoms with Crippen LogP contribution in [0.15, 0.2) is 12.1 Å². The van der Waals surface area contributed by atoms with Crippen molar-refractivity contribution in [3.05, 3.63) is 34.4 Å². The molecule has 0 amide bonds. The lowest BCUT2D eigenvalue weighted by atomic mass is 9.93. The molecule has 3 nitrogen and oxygen atoms in total. The SMILES string of the molecule is CC(C)c1cc(C#N)c(C#N)cc1C#N. The summed E-state index contributed by atoms with van der Waals surface area (Å²) < 4.78 is 0. The van der Waals surface area contributed by atoms with E-state index in [9.17, 15) is 0 Å². The summed E-state index contributed by atoms with van der Waals surface area (Å²) in [5.74, 6) is 0.166. The Morgan fingerprint density at radius 1 is 0.867 bits per heavy atom. The van der Waals surface area contributed by atoms with E-state index in [1.165, 1.54) is 6.07 Å². The first-order valence-corrected chi connectivity index (χ1v) is 4.52. The molecule has 72 valence electrons. The van der Waals surface area contributed by atoms with Gasteiger partial charge in [-0.25, -0.2) is 0 Å². The van der Waals surface area contributed by atoms with Gasteiger partial charge in [0.1, 0.15) is 12.1 Å². The van der Waals surface area contributed by atoms with Crippen LogP contribution in [0.25, 0.3) is 0 Å². The van der Waals surface area contributed by atoms with E-state index in [-0.39, 0.29) is 11.5 Å². The zero-order chi connectivity index (χ0) is 11.4. The minimum atomic E-state index is 0.166. The summed E-state index contributed by atoms with van der Waals surface area (Å²) in [7, 11) is 0. The maximum atomic E-state index is 8.91. The molecule has 1 rings (SSSR count). The predicted octanol–water partition coefficient (Wildman–Crippen LogP) is 2.43. The van der Waals surface area contributed by atoms with Crippen LogP contribution in [-0.4, -0.2) is 0 Å². The monoisotopic (exact) mass is 195 g/mol. The first-order chi connectivity index (χ1) is 7.13. The van der Waals surface area contributed by atoms with Gasteiger partial charge in [0.15, 0.2) is 0 Å². The second-order valence-corrected chi connectivity index (χ2v) is 3.48. The molecule has 0 unspecified atom stereocenters. The second-order valence-electron chi connectivity index (χ2n) is 3.48. The number of nitrogens with zero attached hydrogens (tertiary/aromatic N) is 3. The summed E-state index contributed by atoms with van der Waals surface area (Å²) in [5.41, 5.74) is 1.88. The van der Waals surface area contributed by atoms with Crippen molar-refractivity contribution in [3.8, 4) is 18.2 Å². The van der Waals surface area contributed by atoms with E-state index in [0.29, 0.717) is 11.1 Å². The van der Waals surface area contributed by atoms with Crippen LogP contribution in [0.4, 0.5) is 0 Å². The molecular weight excluding hydrogens is 186 g/mol. The van der Waals surface area contributed by atoms with Gasteiger partial charge in [0.2, 0.25) is 0 Å². The van der Waals surface area contributed by atoms with Crippen molar-refractivity contribution in [2.45, 2.75) is 19.8 Å². The lowest BCUT2D eigenvalue weighted by Crippen LogP contribution is -1.96. The predicted molar refractivity (Wildman–Crippen MR) is 54.7 cm³/mol. The summed E-state index contributed by atoms with van der Waals surface area (Å²) in [5, 5.41) is 26.5. The number of rotatable bonds is 1. The van der Waals surface area contributed by atoms with E-state index < -0.39 is 0 Å². The molecule has 0 aliphatic carbocycles. The zero-order valence-corrected chi connectivity index (χ0v) is 8.57. The first kappa shape index (κ1) is 10.8. The third kappa shape index (κ3) is 1.96. The molecule has 0 atom stereocenters. The third-order valence-electron chi connectivity index (χ3n) is 2.17. The lowest BCUT2D eigenvalue weighted by Gasteiger charge is -2.08. The highest BCUT2D eigenvalue weighted by molar-refractivity contribution is 5.54. The smallest absolute Gasteiger partial charge is 0.101 e. The molecule has 0 aliphatic heterocycles. The Balaban J connectivity index is 3.53. The lowest BCUT2D eigenvalue weighted by molar-refractivity contribution is 0.861.